The lowest BCUT2D eigenvalue weighted by molar-refractivity contribution is 0.0495. The fourth-order valence-corrected chi connectivity index (χ4v) is 8.76. The van der Waals surface area contributed by atoms with Crippen LogP contribution in [0, 0.1) is 11.7 Å². The quantitative estimate of drug-likeness (QED) is 0.139. The van der Waals surface area contributed by atoms with Crippen LogP contribution in [0.15, 0.2) is 17.1 Å². The van der Waals surface area contributed by atoms with Gasteiger partial charge in [0.1, 0.15) is 11.3 Å². The fraction of sp³-hybridized carbons (Fsp3) is 0.615. The number of piperidine rings is 1. The molecule has 1 saturated carbocycles. The number of methoxy groups -OCH3 is 1. The van der Waals surface area contributed by atoms with Gasteiger partial charge in [0, 0.05) is 31.4 Å². The van der Waals surface area contributed by atoms with Crippen molar-refractivity contribution in [2.75, 3.05) is 38.3 Å². The molecule has 1 aliphatic carbocycles. The third-order valence-corrected chi connectivity index (χ3v) is 12.2. The van der Waals surface area contributed by atoms with E-state index in [1.165, 1.54) is 13.3 Å². The minimum absolute atomic E-state index is 0.00433. The first-order valence-electron chi connectivity index (χ1n) is 14.0. The van der Waals surface area contributed by atoms with Crippen molar-refractivity contribution in [2.24, 2.45) is 5.92 Å². The number of ether oxygens (including phenoxy) is 2. The minimum atomic E-state index is -5.04. The van der Waals surface area contributed by atoms with Gasteiger partial charge in [0.15, 0.2) is 17.0 Å². The lowest BCUT2D eigenvalue weighted by Crippen LogP contribution is -2.40. The molecule has 3 fully saturated rings. The maximum Gasteiger partial charge on any atom is 0.343 e. The van der Waals surface area contributed by atoms with Crippen molar-refractivity contribution in [3.8, 4) is 5.75 Å². The molecule has 232 valence electrons. The number of nitrogens with one attached hydrogen (secondary N) is 1. The molecule has 16 heteroatoms. The van der Waals surface area contributed by atoms with Gasteiger partial charge in [-0.2, -0.15) is 0 Å². The van der Waals surface area contributed by atoms with Gasteiger partial charge in [-0.25, -0.2) is 9.18 Å². The van der Waals surface area contributed by atoms with Gasteiger partial charge in [-0.1, -0.05) is 0 Å². The summed E-state index contributed by atoms with van der Waals surface area (Å²) in [6.07, 6.45) is 4.67. The van der Waals surface area contributed by atoms with Crippen LogP contribution in [0.1, 0.15) is 61.3 Å². The number of hydrogen-bond acceptors (Lipinski definition) is 8. The lowest BCUT2D eigenvalue weighted by atomic mass is 9.94. The molecule has 0 bridgehead atoms. The molecule has 2 saturated heterocycles. The molecule has 1 aromatic carbocycles. The predicted molar refractivity (Wildman–Crippen MR) is 152 cm³/mol. The van der Waals surface area contributed by atoms with E-state index in [2.05, 4.69) is 5.32 Å². The average molecular weight is 632 g/mol. The van der Waals surface area contributed by atoms with E-state index in [0.29, 0.717) is 30.2 Å². The second-order valence-corrected chi connectivity index (χ2v) is 15.3. The zero-order valence-corrected chi connectivity index (χ0v) is 24.9. The Labute approximate surface area is 241 Å². The van der Waals surface area contributed by atoms with E-state index < -0.39 is 44.2 Å². The second-order valence-electron chi connectivity index (χ2n) is 11.3. The van der Waals surface area contributed by atoms with E-state index >= 15 is 4.39 Å². The SMILES string of the molecule is COc1c(N2C[C@@H]3CCCN[C@@H]3C2)c(F)cc2c(=O)c(C(=O)OCCCCC(P(=O)(O)O)P(=O)(O)O)cn(C3CC3)c12. The largest absolute Gasteiger partial charge is 0.492 e. The third-order valence-electron chi connectivity index (χ3n) is 8.34. The van der Waals surface area contributed by atoms with Gasteiger partial charge in [0.25, 0.3) is 0 Å². The van der Waals surface area contributed by atoms with Crippen LogP contribution >= 0.6 is 15.2 Å². The molecule has 13 nitrogen and oxygen atoms in total. The molecule has 2 aliphatic heterocycles. The molecule has 2 aromatic rings. The van der Waals surface area contributed by atoms with Gasteiger partial charge in [-0.05, 0) is 63.5 Å². The molecular formula is C26H36FN3O10P2. The Kier molecular flexibility index (Phi) is 8.89. The minimum Gasteiger partial charge on any atom is -0.492 e. The Morgan fingerprint density at radius 3 is 2.48 bits per heavy atom. The number of esters is 1. The fourth-order valence-electron chi connectivity index (χ4n) is 6.15. The number of unbranched alkanes of at least 4 members (excludes halogenated alkanes) is 1. The normalized spacial score (nSPS) is 21.2. The Balaban J connectivity index is 1.38. The molecule has 3 heterocycles. The summed E-state index contributed by atoms with van der Waals surface area (Å²) in [5.74, 6) is -0.929. The monoisotopic (exact) mass is 631 g/mol. The second kappa shape index (κ2) is 12.0. The van der Waals surface area contributed by atoms with Crippen LogP contribution in [0.25, 0.3) is 10.9 Å². The van der Waals surface area contributed by atoms with E-state index in [-0.39, 0.29) is 48.2 Å². The highest BCUT2D eigenvalue weighted by molar-refractivity contribution is 7.70. The Morgan fingerprint density at radius 1 is 1.14 bits per heavy atom. The van der Waals surface area contributed by atoms with Gasteiger partial charge >= 0.3 is 21.2 Å². The number of halogens is 1. The van der Waals surface area contributed by atoms with Crippen molar-refractivity contribution < 1.29 is 47.4 Å². The number of rotatable bonds is 11. The first-order valence-corrected chi connectivity index (χ1v) is 17.4. The van der Waals surface area contributed by atoms with Crippen molar-refractivity contribution >= 4 is 37.8 Å². The van der Waals surface area contributed by atoms with Crippen LogP contribution in [0.5, 0.6) is 5.75 Å². The van der Waals surface area contributed by atoms with Crippen molar-refractivity contribution in [1.29, 1.82) is 0 Å². The Morgan fingerprint density at radius 2 is 1.86 bits per heavy atom. The number of pyridine rings is 1. The van der Waals surface area contributed by atoms with E-state index in [1.807, 2.05) is 4.90 Å². The summed E-state index contributed by atoms with van der Waals surface area (Å²) >= 11 is 0. The number of carbonyl (C=O) groups is 1. The van der Waals surface area contributed by atoms with Crippen molar-refractivity contribution in [3.05, 3.63) is 33.9 Å². The van der Waals surface area contributed by atoms with Crippen LogP contribution in [0.2, 0.25) is 0 Å². The number of benzene rings is 1. The van der Waals surface area contributed by atoms with E-state index in [4.69, 9.17) is 9.47 Å². The standard InChI is InChI=1S/C26H36FN3O10P2/c1-39-25-22-17(11-19(27)23(25)29-12-15-5-4-9-28-20(15)14-29)24(31)18(13-30(22)16-7-8-16)26(32)40-10-3-2-6-21(41(33,34)35)42(36,37)38/h11,13,15-16,20-21,28H,2-10,12,14H2,1H3,(H2,33,34,35)(H2,36,37,38)/t15-,20+/m0/s1. The molecular weight excluding hydrogens is 595 g/mol. The smallest absolute Gasteiger partial charge is 0.343 e. The van der Waals surface area contributed by atoms with Gasteiger partial charge in [0.2, 0.25) is 5.43 Å². The molecule has 1 aromatic heterocycles. The lowest BCUT2D eigenvalue weighted by Gasteiger charge is -2.25. The summed E-state index contributed by atoms with van der Waals surface area (Å²) < 4.78 is 51.4. The number of carbonyl (C=O) groups excluding carboxylic acids is 1. The number of fused-ring (bicyclic) bond motifs is 2. The zero-order chi connectivity index (χ0) is 30.4. The predicted octanol–water partition coefficient (Wildman–Crippen LogP) is 2.68. The number of aromatic nitrogens is 1. The summed E-state index contributed by atoms with van der Waals surface area (Å²) in [6, 6.07) is 1.40. The van der Waals surface area contributed by atoms with Crippen LogP contribution in [-0.2, 0) is 13.9 Å². The van der Waals surface area contributed by atoms with Crippen molar-refractivity contribution in [1.82, 2.24) is 9.88 Å². The molecule has 0 amide bonds. The van der Waals surface area contributed by atoms with Crippen LogP contribution in [0.3, 0.4) is 0 Å². The van der Waals surface area contributed by atoms with Crippen molar-refractivity contribution in [2.45, 2.75) is 62.4 Å². The third kappa shape index (κ3) is 6.31. The number of nitrogens with zero attached hydrogens (tertiary/aromatic N) is 2. The molecule has 3 aliphatic rings. The average Bonchev–Trinajstić information content (AvgIpc) is 3.66. The first kappa shape index (κ1) is 31.1. The number of hydrogen-bond donors (Lipinski definition) is 5. The van der Waals surface area contributed by atoms with Crippen LogP contribution in [-0.4, -0.2) is 74.9 Å². The maximum absolute atomic E-state index is 15.8. The van der Waals surface area contributed by atoms with Crippen LogP contribution < -0.4 is 20.4 Å². The summed E-state index contributed by atoms with van der Waals surface area (Å²) in [7, 11) is -8.65. The van der Waals surface area contributed by atoms with Crippen molar-refractivity contribution in [3.63, 3.8) is 0 Å². The highest BCUT2D eigenvalue weighted by atomic mass is 31.2. The topological polar surface area (TPSA) is 188 Å². The summed E-state index contributed by atoms with van der Waals surface area (Å²) in [6.45, 7) is 1.95. The number of anilines is 1. The van der Waals surface area contributed by atoms with Crippen LogP contribution in [0.4, 0.5) is 10.1 Å². The summed E-state index contributed by atoms with van der Waals surface area (Å²) in [5.41, 5.74) is -0.283. The highest BCUT2D eigenvalue weighted by Crippen LogP contribution is 2.61. The highest BCUT2D eigenvalue weighted by Gasteiger charge is 2.42. The first-order chi connectivity index (χ1) is 19.8. The maximum atomic E-state index is 15.8. The van der Waals surface area contributed by atoms with E-state index in [1.54, 1.807) is 4.57 Å². The summed E-state index contributed by atoms with van der Waals surface area (Å²) in [4.78, 5) is 65.4. The van der Waals surface area contributed by atoms with Gasteiger partial charge in [0.05, 0.1) is 24.6 Å². The molecule has 5 N–H and O–H groups in total. The van der Waals surface area contributed by atoms with E-state index in [9.17, 15) is 38.3 Å². The molecule has 0 spiro atoms. The molecule has 0 radical (unpaired) electrons. The Hall–Kier alpha value is -2.31. The molecule has 2 atom stereocenters. The molecule has 0 unspecified atom stereocenters. The summed E-state index contributed by atoms with van der Waals surface area (Å²) in [5, 5.41) is 1.36. The van der Waals surface area contributed by atoms with Gasteiger partial charge in [-0.3, -0.25) is 13.9 Å². The molecule has 42 heavy (non-hydrogen) atoms. The molecule has 5 rings (SSSR count). The van der Waals surface area contributed by atoms with Gasteiger partial charge in [-0.15, -0.1) is 0 Å². The van der Waals surface area contributed by atoms with E-state index in [0.717, 1.165) is 38.3 Å². The zero-order valence-electron chi connectivity index (χ0n) is 23.1. The van der Waals surface area contributed by atoms with Gasteiger partial charge < -0.3 is 43.8 Å². The Bertz CT molecular complexity index is 1480.